The number of carbonyl (C=O) groups is 1. The van der Waals surface area contributed by atoms with Crippen molar-refractivity contribution in [3.63, 3.8) is 0 Å². The van der Waals surface area contributed by atoms with Gasteiger partial charge in [-0.2, -0.15) is 0 Å². The Morgan fingerprint density at radius 3 is 2.42 bits per heavy atom. The van der Waals surface area contributed by atoms with Crippen LogP contribution in [0.3, 0.4) is 0 Å². The smallest absolute Gasteiger partial charge is 0.308 e. The van der Waals surface area contributed by atoms with Crippen molar-refractivity contribution in [3.05, 3.63) is 24.3 Å². The van der Waals surface area contributed by atoms with Crippen LogP contribution in [0.15, 0.2) is 29.2 Å². The number of primary sulfonamides is 1. The fourth-order valence-corrected chi connectivity index (χ4v) is 2.90. The predicted molar refractivity (Wildman–Crippen MR) is 70.2 cm³/mol. The second-order valence-electron chi connectivity index (χ2n) is 4.70. The van der Waals surface area contributed by atoms with E-state index in [1.165, 1.54) is 12.1 Å². The van der Waals surface area contributed by atoms with Crippen molar-refractivity contribution in [2.75, 3.05) is 5.32 Å². The molecule has 1 aliphatic rings. The number of rotatable bonds is 4. The molecule has 2 atom stereocenters. The Balaban J connectivity index is 2.10. The molecule has 1 fully saturated rings. The maximum absolute atomic E-state index is 11.1. The van der Waals surface area contributed by atoms with Gasteiger partial charge in [0.1, 0.15) is 0 Å². The van der Waals surface area contributed by atoms with Crippen molar-refractivity contribution in [1.29, 1.82) is 0 Å². The van der Waals surface area contributed by atoms with Crippen LogP contribution < -0.4 is 10.5 Å². The summed E-state index contributed by atoms with van der Waals surface area (Å²) >= 11 is 0. The van der Waals surface area contributed by atoms with E-state index in [0.717, 1.165) is 12.8 Å². The van der Waals surface area contributed by atoms with Crippen LogP contribution in [0.1, 0.15) is 19.3 Å². The van der Waals surface area contributed by atoms with Crippen LogP contribution in [0.4, 0.5) is 5.69 Å². The van der Waals surface area contributed by atoms with Gasteiger partial charge in [0.05, 0.1) is 10.8 Å². The number of anilines is 1. The summed E-state index contributed by atoms with van der Waals surface area (Å²) in [6.45, 7) is 0. The zero-order valence-corrected chi connectivity index (χ0v) is 11.1. The van der Waals surface area contributed by atoms with Gasteiger partial charge in [0.25, 0.3) is 0 Å². The number of benzene rings is 1. The van der Waals surface area contributed by atoms with Gasteiger partial charge in [-0.05, 0) is 37.1 Å². The number of aliphatic carboxylic acids is 1. The zero-order valence-electron chi connectivity index (χ0n) is 10.2. The van der Waals surface area contributed by atoms with Gasteiger partial charge in [0.2, 0.25) is 10.0 Å². The molecule has 19 heavy (non-hydrogen) atoms. The van der Waals surface area contributed by atoms with Gasteiger partial charge in [-0.25, -0.2) is 13.6 Å². The van der Waals surface area contributed by atoms with E-state index in [1.54, 1.807) is 12.1 Å². The fourth-order valence-electron chi connectivity index (χ4n) is 2.38. The van der Waals surface area contributed by atoms with Gasteiger partial charge in [-0.1, -0.05) is 6.42 Å². The Bertz CT molecular complexity index is 568. The number of carboxylic acids is 1. The second kappa shape index (κ2) is 5.18. The largest absolute Gasteiger partial charge is 0.481 e. The van der Waals surface area contributed by atoms with Crippen LogP contribution in [0.5, 0.6) is 0 Å². The Labute approximate surface area is 111 Å². The molecule has 1 aromatic rings. The summed E-state index contributed by atoms with van der Waals surface area (Å²) in [5.41, 5.74) is 0.700. The lowest BCUT2D eigenvalue weighted by Crippen LogP contribution is -2.29. The molecule has 0 amide bonds. The highest BCUT2D eigenvalue weighted by Gasteiger charge is 2.32. The van der Waals surface area contributed by atoms with Crippen LogP contribution >= 0.6 is 0 Å². The van der Waals surface area contributed by atoms with Gasteiger partial charge in [0, 0.05) is 11.7 Å². The number of carboxylic acid groups (broad SMARTS) is 1. The summed E-state index contributed by atoms with van der Waals surface area (Å²) in [6.07, 6.45) is 2.35. The van der Waals surface area contributed by atoms with E-state index in [2.05, 4.69) is 5.32 Å². The van der Waals surface area contributed by atoms with Gasteiger partial charge >= 0.3 is 5.97 Å². The average molecular weight is 284 g/mol. The van der Waals surface area contributed by atoms with Crippen molar-refractivity contribution >= 4 is 21.7 Å². The van der Waals surface area contributed by atoms with E-state index in [9.17, 15) is 13.2 Å². The molecule has 0 bridgehead atoms. The van der Waals surface area contributed by atoms with E-state index >= 15 is 0 Å². The summed E-state index contributed by atoms with van der Waals surface area (Å²) < 4.78 is 22.2. The average Bonchev–Trinajstić information content (AvgIpc) is 2.77. The summed E-state index contributed by atoms with van der Waals surface area (Å²) in [5.74, 6) is -1.19. The lowest BCUT2D eigenvalue weighted by Gasteiger charge is -2.18. The molecule has 0 spiro atoms. The fraction of sp³-hybridized carbons (Fsp3) is 0.417. The van der Waals surface area contributed by atoms with Crippen molar-refractivity contribution in [1.82, 2.24) is 0 Å². The highest BCUT2D eigenvalue weighted by atomic mass is 32.2. The maximum Gasteiger partial charge on any atom is 0.308 e. The number of hydrogen-bond acceptors (Lipinski definition) is 4. The van der Waals surface area contributed by atoms with Crippen LogP contribution in [0.25, 0.3) is 0 Å². The third-order valence-corrected chi connectivity index (χ3v) is 4.30. The molecule has 0 aromatic heterocycles. The molecule has 0 radical (unpaired) electrons. The molecule has 2 unspecified atom stereocenters. The van der Waals surface area contributed by atoms with Gasteiger partial charge in [-0.15, -0.1) is 0 Å². The van der Waals surface area contributed by atoms with E-state index in [-0.39, 0.29) is 10.9 Å². The number of hydrogen-bond donors (Lipinski definition) is 3. The third-order valence-electron chi connectivity index (χ3n) is 3.37. The van der Waals surface area contributed by atoms with E-state index in [0.29, 0.717) is 12.1 Å². The Kier molecular flexibility index (Phi) is 3.77. The van der Waals surface area contributed by atoms with Crippen molar-refractivity contribution in [2.24, 2.45) is 11.1 Å². The highest BCUT2D eigenvalue weighted by molar-refractivity contribution is 7.89. The van der Waals surface area contributed by atoms with Crippen molar-refractivity contribution in [3.8, 4) is 0 Å². The number of nitrogens with two attached hydrogens (primary N) is 1. The van der Waals surface area contributed by atoms with E-state index in [4.69, 9.17) is 10.2 Å². The van der Waals surface area contributed by atoms with Crippen LogP contribution in [0, 0.1) is 5.92 Å². The quantitative estimate of drug-likeness (QED) is 0.764. The first-order valence-corrected chi connectivity index (χ1v) is 7.55. The Hall–Kier alpha value is -1.60. The van der Waals surface area contributed by atoms with Crippen molar-refractivity contribution in [2.45, 2.75) is 30.2 Å². The molecule has 1 aliphatic carbocycles. The number of nitrogens with one attached hydrogen (secondary N) is 1. The summed E-state index contributed by atoms with van der Waals surface area (Å²) in [5, 5.41) is 17.2. The molecule has 0 aliphatic heterocycles. The molecule has 4 N–H and O–H groups in total. The lowest BCUT2D eigenvalue weighted by molar-refractivity contribution is -0.141. The molecule has 0 saturated heterocycles. The van der Waals surface area contributed by atoms with Crippen LogP contribution in [-0.2, 0) is 14.8 Å². The molecular weight excluding hydrogens is 268 g/mol. The summed E-state index contributed by atoms with van der Waals surface area (Å²) in [4.78, 5) is 11.1. The minimum Gasteiger partial charge on any atom is -0.481 e. The second-order valence-corrected chi connectivity index (χ2v) is 6.26. The Morgan fingerprint density at radius 1 is 1.26 bits per heavy atom. The minimum absolute atomic E-state index is 0.0410. The first kappa shape index (κ1) is 13.8. The first-order chi connectivity index (χ1) is 8.88. The van der Waals surface area contributed by atoms with Crippen molar-refractivity contribution < 1.29 is 18.3 Å². The molecule has 104 valence electrons. The predicted octanol–water partition coefficient (Wildman–Crippen LogP) is 0.999. The highest BCUT2D eigenvalue weighted by Crippen LogP contribution is 2.29. The summed E-state index contributed by atoms with van der Waals surface area (Å²) in [7, 11) is -3.69. The van der Waals surface area contributed by atoms with E-state index < -0.39 is 21.9 Å². The molecule has 6 nitrogen and oxygen atoms in total. The summed E-state index contributed by atoms with van der Waals surface area (Å²) in [6, 6.07) is 5.89. The van der Waals surface area contributed by atoms with E-state index in [1.807, 2.05) is 0 Å². The first-order valence-electron chi connectivity index (χ1n) is 6.00. The molecule has 7 heteroatoms. The monoisotopic (exact) mass is 284 g/mol. The maximum atomic E-state index is 11.1. The third kappa shape index (κ3) is 3.24. The van der Waals surface area contributed by atoms with Crippen LogP contribution in [0.2, 0.25) is 0 Å². The standard InChI is InChI=1S/C12H16N2O4S/c13-19(17,18)9-6-4-8(5-7-9)14-11-3-1-2-10(11)12(15)16/h4-7,10-11,14H,1-3H2,(H,15,16)(H2,13,17,18). The molecular formula is C12H16N2O4S. The lowest BCUT2D eigenvalue weighted by atomic mass is 10.0. The topological polar surface area (TPSA) is 109 Å². The van der Waals surface area contributed by atoms with Gasteiger partial charge < -0.3 is 10.4 Å². The normalized spacial score (nSPS) is 23.2. The SMILES string of the molecule is NS(=O)(=O)c1ccc(NC2CCCC2C(=O)O)cc1. The molecule has 2 rings (SSSR count). The van der Waals surface area contributed by atoms with Gasteiger partial charge in [-0.3, -0.25) is 4.79 Å². The molecule has 0 heterocycles. The molecule has 1 aromatic carbocycles. The number of sulfonamides is 1. The van der Waals surface area contributed by atoms with Crippen LogP contribution in [-0.4, -0.2) is 25.5 Å². The molecule has 1 saturated carbocycles. The van der Waals surface area contributed by atoms with Gasteiger partial charge in [0.15, 0.2) is 0 Å². The minimum atomic E-state index is -3.69. The zero-order chi connectivity index (χ0) is 14.0. The Morgan fingerprint density at radius 2 is 1.89 bits per heavy atom.